The highest BCUT2D eigenvalue weighted by Crippen LogP contribution is 2.08. The number of benzene rings is 1. The number of hydrazone groups is 1. The topological polar surface area (TPSA) is 70.6 Å². The number of unbranched alkanes of at least 4 members (excludes halogenated alkanes) is 6. The molecule has 0 unspecified atom stereocenters. The van der Waals surface area contributed by atoms with Gasteiger partial charge in [-0.05, 0) is 25.0 Å². The van der Waals surface area contributed by atoms with Crippen LogP contribution in [0, 0.1) is 0 Å². The molecule has 0 saturated carbocycles. The summed E-state index contributed by atoms with van der Waals surface area (Å²) in [4.78, 5) is 23.5. The van der Waals surface area contributed by atoms with Gasteiger partial charge in [-0.15, -0.1) is 0 Å². The van der Waals surface area contributed by atoms with Gasteiger partial charge in [-0.1, -0.05) is 81.9 Å². The van der Waals surface area contributed by atoms with E-state index in [1.807, 2.05) is 42.5 Å². The molecule has 0 heterocycles. The lowest BCUT2D eigenvalue weighted by Crippen LogP contribution is -2.35. The summed E-state index contributed by atoms with van der Waals surface area (Å²) >= 11 is 0. The Hall–Kier alpha value is -2.43. The molecule has 0 fully saturated rings. The number of amides is 2. The van der Waals surface area contributed by atoms with Gasteiger partial charge < -0.3 is 5.32 Å². The third kappa shape index (κ3) is 12.5. The van der Waals surface area contributed by atoms with Crippen LogP contribution in [0.5, 0.6) is 0 Å². The minimum atomic E-state index is -0.324. The summed E-state index contributed by atoms with van der Waals surface area (Å²) in [6.45, 7) is 3.96. The molecule has 148 valence electrons. The van der Waals surface area contributed by atoms with E-state index >= 15 is 0 Å². The van der Waals surface area contributed by atoms with E-state index in [0.29, 0.717) is 12.1 Å². The average Bonchev–Trinajstić information content (AvgIpc) is 2.69. The summed E-state index contributed by atoms with van der Waals surface area (Å²) in [6, 6.07) is 9.86. The standard InChI is InChI=1S/C22H33N3O2/c1-3-4-5-6-7-8-12-15-21(26)23-18-22(27)25-24-19(2)16-17-20-13-10-9-11-14-20/h9-11,13-14,16-17H,3-8,12,15,18H2,1-2H3,(H,23,26)(H,25,27)/b17-16+,24-19+. The van der Waals surface area contributed by atoms with Crippen molar-refractivity contribution in [2.75, 3.05) is 6.54 Å². The molecule has 5 nitrogen and oxygen atoms in total. The third-order valence-electron chi connectivity index (χ3n) is 4.13. The SMILES string of the molecule is CCCCCCCCCC(=O)NCC(=O)N/N=C(C)/C=C/c1ccccc1. The molecule has 27 heavy (non-hydrogen) atoms. The number of allylic oxidation sites excluding steroid dienone is 1. The molecule has 0 saturated heterocycles. The Morgan fingerprint density at radius 1 is 0.963 bits per heavy atom. The van der Waals surface area contributed by atoms with Gasteiger partial charge in [-0.2, -0.15) is 5.10 Å². The lowest BCUT2D eigenvalue weighted by molar-refractivity contribution is -0.126. The summed E-state index contributed by atoms with van der Waals surface area (Å²) < 4.78 is 0. The van der Waals surface area contributed by atoms with Gasteiger partial charge in [0.05, 0.1) is 12.3 Å². The van der Waals surface area contributed by atoms with Crippen molar-refractivity contribution in [1.29, 1.82) is 0 Å². The van der Waals surface area contributed by atoms with Crippen LogP contribution in [0.15, 0.2) is 41.5 Å². The molecule has 1 aromatic carbocycles. The molecule has 0 aromatic heterocycles. The molecule has 0 radical (unpaired) electrons. The summed E-state index contributed by atoms with van der Waals surface area (Å²) in [5.41, 5.74) is 4.20. The highest BCUT2D eigenvalue weighted by Gasteiger charge is 2.04. The van der Waals surface area contributed by atoms with Crippen LogP contribution in [-0.4, -0.2) is 24.1 Å². The minimum absolute atomic E-state index is 0.0471. The molecule has 0 aliphatic heterocycles. The number of hydrogen-bond acceptors (Lipinski definition) is 3. The van der Waals surface area contributed by atoms with Crippen LogP contribution >= 0.6 is 0 Å². The van der Waals surface area contributed by atoms with E-state index in [-0.39, 0.29) is 18.4 Å². The largest absolute Gasteiger partial charge is 0.347 e. The Bertz CT molecular complexity index is 609. The zero-order chi connectivity index (χ0) is 19.7. The predicted octanol–water partition coefficient (Wildman–Crippen LogP) is 4.45. The van der Waals surface area contributed by atoms with Crippen LogP contribution in [0.25, 0.3) is 6.08 Å². The maximum absolute atomic E-state index is 11.7. The summed E-state index contributed by atoms with van der Waals surface area (Å²) in [6.07, 6.45) is 12.4. The van der Waals surface area contributed by atoms with Gasteiger partial charge >= 0.3 is 0 Å². The number of nitrogens with one attached hydrogen (secondary N) is 2. The molecule has 0 aliphatic rings. The lowest BCUT2D eigenvalue weighted by atomic mass is 10.1. The quantitative estimate of drug-likeness (QED) is 0.305. The van der Waals surface area contributed by atoms with Crippen LogP contribution < -0.4 is 10.7 Å². The monoisotopic (exact) mass is 371 g/mol. The first-order valence-corrected chi connectivity index (χ1v) is 9.94. The Morgan fingerprint density at radius 3 is 2.33 bits per heavy atom. The van der Waals surface area contributed by atoms with Crippen LogP contribution in [-0.2, 0) is 9.59 Å². The summed E-state index contributed by atoms with van der Waals surface area (Å²) in [5, 5.41) is 6.64. The van der Waals surface area contributed by atoms with Gasteiger partial charge in [0.1, 0.15) is 0 Å². The normalized spacial score (nSPS) is 11.6. The van der Waals surface area contributed by atoms with Crippen molar-refractivity contribution in [1.82, 2.24) is 10.7 Å². The summed E-state index contributed by atoms with van der Waals surface area (Å²) in [5.74, 6) is -0.404. The zero-order valence-corrected chi connectivity index (χ0v) is 16.7. The molecular formula is C22H33N3O2. The second-order valence-electron chi connectivity index (χ2n) is 6.68. The molecule has 5 heteroatoms. The fraction of sp³-hybridized carbons (Fsp3) is 0.500. The zero-order valence-electron chi connectivity index (χ0n) is 16.7. The number of hydrogen-bond donors (Lipinski definition) is 2. The van der Waals surface area contributed by atoms with Crippen molar-refractivity contribution in [3.8, 4) is 0 Å². The Balaban J connectivity index is 2.13. The van der Waals surface area contributed by atoms with Crippen molar-refractivity contribution in [2.24, 2.45) is 5.10 Å². The second kappa shape index (κ2) is 14.7. The van der Waals surface area contributed by atoms with Crippen molar-refractivity contribution in [3.63, 3.8) is 0 Å². The molecule has 0 bridgehead atoms. The van der Waals surface area contributed by atoms with Gasteiger partial charge in [0, 0.05) is 6.42 Å². The molecular weight excluding hydrogens is 338 g/mol. The van der Waals surface area contributed by atoms with Crippen LogP contribution in [0.2, 0.25) is 0 Å². The molecule has 1 rings (SSSR count). The van der Waals surface area contributed by atoms with E-state index in [4.69, 9.17) is 0 Å². The Kier molecular flexibility index (Phi) is 12.3. The predicted molar refractivity (Wildman–Crippen MR) is 112 cm³/mol. The number of rotatable bonds is 13. The third-order valence-corrected chi connectivity index (χ3v) is 4.13. The van der Waals surface area contributed by atoms with Gasteiger partial charge in [0.2, 0.25) is 5.91 Å². The van der Waals surface area contributed by atoms with Gasteiger partial charge in [0.25, 0.3) is 5.91 Å². The van der Waals surface area contributed by atoms with E-state index in [1.54, 1.807) is 6.92 Å². The van der Waals surface area contributed by atoms with Crippen molar-refractivity contribution in [3.05, 3.63) is 42.0 Å². The van der Waals surface area contributed by atoms with E-state index < -0.39 is 0 Å². The van der Waals surface area contributed by atoms with E-state index in [0.717, 1.165) is 18.4 Å². The van der Waals surface area contributed by atoms with Crippen molar-refractivity contribution >= 4 is 23.6 Å². The maximum Gasteiger partial charge on any atom is 0.259 e. The van der Waals surface area contributed by atoms with E-state index in [2.05, 4.69) is 22.8 Å². The molecule has 0 aliphatic carbocycles. The molecule has 0 spiro atoms. The first-order valence-electron chi connectivity index (χ1n) is 9.94. The minimum Gasteiger partial charge on any atom is -0.347 e. The number of nitrogens with zero attached hydrogens (tertiary/aromatic N) is 1. The Morgan fingerprint density at radius 2 is 1.63 bits per heavy atom. The summed E-state index contributed by atoms with van der Waals surface area (Å²) in [7, 11) is 0. The number of carbonyl (C=O) groups is 2. The van der Waals surface area contributed by atoms with E-state index in [1.165, 1.54) is 32.1 Å². The maximum atomic E-state index is 11.7. The Labute approximate surface area is 163 Å². The first kappa shape index (κ1) is 22.6. The van der Waals surface area contributed by atoms with Crippen LogP contribution in [0.3, 0.4) is 0 Å². The highest BCUT2D eigenvalue weighted by atomic mass is 16.2. The molecule has 2 amide bonds. The van der Waals surface area contributed by atoms with Crippen LogP contribution in [0.4, 0.5) is 0 Å². The van der Waals surface area contributed by atoms with Gasteiger partial charge in [0.15, 0.2) is 0 Å². The second-order valence-corrected chi connectivity index (χ2v) is 6.68. The van der Waals surface area contributed by atoms with Crippen LogP contribution in [0.1, 0.15) is 70.8 Å². The number of carbonyl (C=O) groups excluding carboxylic acids is 2. The molecule has 0 atom stereocenters. The van der Waals surface area contributed by atoms with Crippen molar-refractivity contribution < 1.29 is 9.59 Å². The smallest absolute Gasteiger partial charge is 0.259 e. The fourth-order valence-corrected chi connectivity index (χ4v) is 2.52. The molecule has 2 N–H and O–H groups in total. The highest BCUT2D eigenvalue weighted by molar-refractivity contribution is 5.97. The fourth-order valence-electron chi connectivity index (χ4n) is 2.52. The first-order chi connectivity index (χ1) is 13.1. The van der Waals surface area contributed by atoms with Gasteiger partial charge in [-0.3, -0.25) is 9.59 Å². The lowest BCUT2D eigenvalue weighted by Gasteiger charge is -2.05. The van der Waals surface area contributed by atoms with E-state index in [9.17, 15) is 9.59 Å². The average molecular weight is 372 g/mol. The molecule has 1 aromatic rings. The van der Waals surface area contributed by atoms with Crippen molar-refractivity contribution in [2.45, 2.75) is 65.2 Å². The van der Waals surface area contributed by atoms with Gasteiger partial charge in [-0.25, -0.2) is 5.43 Å².